The Morgan fingerprint density at radius 3 is 2.43 bits per heavy atom. The van der Waals surface area contributed by atoms with Crippen molar-refractivity contribution < 1.29 is 0 Å². The first-order valence-corrected chi connectivity index (χ1v) is 5.20. The van der Waals surface area contributed by atoms with Crippen molar-refractivity contribution in [2.75, 3.05) is 6.26 Å². The van der Waals surface area contributed by atoms with Gasteiger partial charge in [-0.2, -0.15) is 0 Å². The third-order valence-electron chi connectivity index (χ3n) is 0.522. The number of alkyl halides is 1. The molecule has 0 aromatic carbocycles. The van der Waals surface area contributed by atoms with E-state index in [1.54, 1.807) is 21.6 Å². The molecular weight excluding hydrogens is 148 g/mol. The van der Waals surface area contributed by atoms with Crippen LogP contribution in [0.15, 0.2) is 0 Å². The lowest BCUT2D eigenvalue weighted by atomic mass is 10.6. The molecular formula is C4H9ClS2. The van der Waals surface area contributed by atoms with Crippen molar-refractivity contribution in [1.29, 1.82) is 0 Å². The largest absolute Gasteiger partial charge is 0.110 e. The topological polar surface area (TPSA) is 0 Å². The van der Waals surface area contributed by atoms with Gasteiger partial charge >= 0.3 is 0 Å². The van der Waals surface area contributed by atoms with Crippen LogP contribution in [0, 0.1) is 0 Å². The molecule has 0 aromatic heterocycles. The molecule has 0 saturated carbocycles. The Hall–Kier alpha value is 0.990. The van der Waals surface area contributed by atoms with E-state index >= 15 is 0 Å². The molecule has 7 heavy (non-hydrogen) atoms. The Morgan fingerprint density at radius 1 is 1.71 bits per heavy atom. The highest BCUT2D eigenvalue weighted by Crippen LogP contribution is 2.28. The predicted octanol–water partition coefficient (Wildman–Crippen LogP) is 2.97. The van der Waals surface area contributed by atoms with E-state index in [0.29, 0.717) is 4.71 Å². The van der Waals surface area contributed by atoms with Gasteiger partial charge in [0.15, 0.2) is 0 Å². The maximum Gasteiger partial charge on any atom is 0.0889 e. The van der Waals surface area contributed by atoms with E-state index in [1.807, 2.05) is 6.26 Å². The van der Waals surface area contributed by atoms with E-state index in [-0.39, 0.29) is 0 Å². The lowest BCUT2D eigenvalue weighted by molar-refractivity contribution is 1.05. The van der Waals surface area contributed by atoms with E-state index < -0.39 is 0 Å². The van der Waals surface area contributed by atoms with Crippen molar-refractivity contribution in [3.63, 3.8) is 0 Å². The molecule has 1 atom stereocenters. The SMILES string of the molecule is CCC(Cl)SSC. The van der Waals surface area contributed by atoms with Gasteiger partial charge in [0.1, 0.15) is 0 Å². The Balaban J connectivity index is 2.83. The van der Waals surface area contributed by atoms with Crippen molar-refractivity contribution in [3.8, 4) is 0 Å². The molecule has 0 aromatic rings. The fourth-order valence-corrected chi connectivity index (χ4v) is 2.21. The minimum Gasteiger partial charge on any atom is -0.110 e. The third kappa shape index (κ3) is 4.85. The molecule has 1 unspecified atom stereocenters. The maximum absolute atomic E-state index is 5.71. The Labute approximate surface area is 57.8 Å². The first kappa shape index (κ1) is 7.99. The Bertz CT molecular complexity index is 40.7. The van der Waals surface area contributed by atoms with Gasteiger partial charge in [-0.25, -0.2) is 0 Å². The smallest absolute Gasteiger partial charge is 0.0889 e. The van der Waals surface area contributed by atoms with Crippen molar-refractivity contribution in [1.82, 2.24) is 0 Å². The lowest BCUT2D eigenvalue weighted by Gasteiger charge is -1.98. The zero-order valence-corrected chi connectivity index (χ0v) is 6.87. The van der Waals surface area contributed by atoms with Crippen LogP contribution in [0.5, 0.6) is 0 Å². The highest BCUT2D eigenvalue weighted by Gasteiger charge is 1.96. The lowest BCUT2D eigenvalue weighted by Crippen LogP contribution is -1.81. The van der Waals surface area contributed by atoms with Crippen molar-refractivity contribution >= 4 is 33.2 Å². The minimum absolute atomic E-state index is 0.301. The van der Waals surface area contributed by atoms with Crippen molar-refractivity contribution in [2.45, 2.75) is 18.1 Å². The van der Waals surface area contributed by atoms with Crippen LogP contribution in [0.25, 0.3) is 0 Å². The molecule has 44 valence electrons. The van der Waals surface area contributed by atoms with Crippen LogP contribution in [-0.4, -0.2) is 11.0 Å². The molecule has 0 amide bonds. The first-order chi connectivity index (χ1) is 3.31. The molecule has 0 radical (unpaired) electrons. The van der Waals surface area contributed by atoms with Gasteiger partial charge in [0.2, 0.25) is 0 Å². The monoisotopic (exact) mass is 156 g/mol. The highest BCUT2D eigenvalue weighted by atomic mass is 35.5. The third-order valence-corrected chi connectivity index (χ3v) is 3.42. The van der Waals surface area contributed by atoms with Crippen LogP contribution in [0.3, 0.4) is 0 Å². The van der Waals surface area contributed by atoms with Crippen LogP contribution in [0.2, 0.25) is 0 Å². The standard InChI is InChI=1S/C4H9ClS2/c1-3-4(5)7-6-2/h4H,3H2,1-2H3. The molecule has 0 heterocycles. The summed E-state index contributed by atoms with van der Waals surface area (Å²) >= 11 is 5.71. The quantitative estimate of drug-likeness (QED) is 0.455. The van der Waals surface area contributed by atoms with Crippen LogP contribution in [0.1, 0.15) is 13.3 Å². The van der Waals surface area contributed by atoms with E-state index in [4.69, 9.17) is 11.6 Å². The Kier molecular flexibility index (Phi) is 5.86. The fourth-order valence-electron chi connectivity index (χ4n) is 0.172. The summed E-state index contributed by atoms with van der Waals surface area (Å²) in [6.07, 6.45) is 3.09. The van der Waals surface area contributed by atoms with Gasteiger partial charge in [-0.1, -0.05) is 28.5 Å². The predicted molar refractivity (Wildman–Crippen MR) is 41.0 cm³/mol. The molecule has 0 nitrogen and oxygen atoms in total. The number of hydrogen-bond donors (Lipinski definition) is 0. The first-order valence-electron chi connectivity index (χ1n) is 2.14. The summed E-state index contributed by atoms with van der Waals surface area (Å²) in [6.45, 7) is 2.08. The molecule has 0 aliphatic heterocycles. The number of halogens is 1. The zero-order valence-electron chi connectivity index (χ0n) is 4.48. The van der Waals surface area contributed by atoms with Crippen LogP contribution in [0.4, 0.5) is 0 Å². The Morgan fingerprint density at radius 2 is 2.29 bits per heavy atom. The van der Waals surface area contributed by atoms with Gasteiger partial charge in [-0.3, -0.25) is 0 Å². The van der Waals surface area contributed by atoms with E-state index in [2.05, 4.69) is 6.92 Å². The van der Waals surface area contributed by atoms with Crippen LogP contribution < -0.4 is 0 Å². The average Bonchev–Trinajstić information content (AvgIpc) is 1.68. The normalized spacial score (nSPS) is 14.1. The van der Waals surface area contributed by atoms with Gasteiger partial charge < -0.3 is 0 Å². The summed E-state index contributed by atoms with van der Waals surface area (Å²) in [5, 5.41) is 0. The summed E-state index contributed by atoms with van der Waals surface area (Å²) in [5.74, 6) is 0. The minimum atomic E-state index is 0.301. The second-order valence-electron chi connectivity index (χ2n) is 1.08. The number of rotatable bonds is 3. The van der Waals surface area contributed by atoms with Crippen molar-refractivity contribution in [2.24, 2.45) is 0 Å². The highest BCUT2D eigenvalue weighted by molar-refractivity contribution is 8.77. The van der Waals surface area contributed by atoms with Crippen LogP contribution in [-0.2, 0) is 0 Å². The number of hydrogen-bond acceptors (Lipinski definition) is 2. The van der Waals surface area contributed by atoms with Crippen molar-refractivity contribution in [3.05, 3.63) is 0 Å². The average molecular weight is 157 g/mol. The van der Waals surface area contributed by atoms with Gasteiger partial charge in [-0.05, 0) is 12.7 Å². The van der Waals surface area contributed by atoms with E-state index in [1.165, 1.54) is 0 Å². The second-order valence-corrected chi connectivity index (χ2v) is 4.54. The van der Waals surface area contributed by atoms with Gasteiger partial charge in [-0.15, -0.1) is 11.6 Å². The molecule has 0 saturated heterocycles. The maximum atomic E-state index is 5.71. The van der Waals surface area contributed by atoms with E-state index in [0.717, 1.165) is 6.42 Å². The molecule has 3 heteroatoms. The van der Waals surface area contributed by atoms with Gasteiger partial charge in [0, 0.05) is 0 Å². The summed E-state index contributed by atoms with van der Waals surface area (Å²) in [6, 6.07) is 0. The molecule has 0 spiro atoms. The summed E-state index contributed by atoms with van der Waals surface area (Å²) in [7, 11) is 3.43. The zero-order chi connectivity index (χ0) is 5.70. The van der Waals surface area contributed by atoms with E-state index in [9.17, 15) is 0 Å². The molecule has 0 rings (SSSR count). The molecule has 0 fully saturated rings. The molecule has 0 bridgehead atoms. The summed E-state index contributed by atoms with van der Waals surface area (Å²) in [4.78, 5) is 0. The second kappa shape index (κ2) is 5.13. The van der Waals surface area contributed by atoms with Crippen LogP contribution >= 0.6 is 33.2 Å². The fraction of sp³-hybridized carbons (Fsp3) is 1.00. The van der Waals surface area contributed by atoms with Gasteiger partial charge in [0.25, 0.3) is 0 Å². The molecule has 0 aliphatic rings. The molecule has 0 aliphatic carbocycles. The summed E-state index contributed by atoms with van der Waals surface area (Å²) in [5.41, 5.74) is 0. The van der Waals surface area contributed by atoms with Gasteiger partial charge in [0.05, 0.1) is 4.71 Å². The summed E-state index contributed by atoms with van der Waals surface area (Å²) < 4.78 is 0.301. The molecule has 0 N–H and O–H groups in total.